The molecule has 1 N–H and O–H groups in total. The van der Waals surface area contributed by atoms with E-state index in [9.17, 15) is 9.18 Å². The van der Waals surface area contributed by atoms with E-state index in [2.05, 4.69) is 5.32 Å². The predicted molar refractivity (Wildman–Crippen MR) is 70.0 cm³/mol. The first-order chi connectivity index (χ1) is 9.20. The molecule has 1 aliphatic rings. The standard InChI is InChI=1S/C14H16FN3O/c15-11-4-3-5-12(10-11)17-14(19)18(9-8-16)13-6-1-2-7-13/h3-5,10,13H,1-2,6-7,9H2,(H,17,19). The third kappa shape index (κ3) is 3.44. The Hall–Kier alpha value is -2.09. The highest BCUT2D eigenvalue weighted by Gasteiger charge is 2.26. The van der Waals surface area contributed by atoms with E-state index >= 15 is 0 Å². The van der Waals surface area contributed by atoms with Gasteiger partial charge in [-0.25, -0.2) is 9.18 Å². The molecule has 19 heavy (non-hydrogen) atoms. The molecule has 0 saturated heterocycles. The number of halogens is 1. The second-order valence-corrected chi connectivity index (χ2v) is 4.66. The molecule has 0 atom stereocenters. The second kappa shape index (κ2) is 6.19. The van der Waals surface area contributed by atoms with Gasteiger partial charge in [0, 0.05) is 11.7 Å². The van der Waals surface area contributed by atoms with Crippen molar-refractivity contribution in [3.63, 3.8) is 0 Å². The van der Waals surface area contributed by atoms with Crippen LogP contribution in [0.5, 0.6) is 0 Å². The van der Waals surface area contributed by atoms with E-state index in [-0.39, 0.29) is 18.6 Å². The fourth-order valence-electron chi connectivity index (χ4n) is 2.42. The van der Waals surface area contributed by atoms with Gasteiger partial charge in [-0.15, -0.1) is 0 Å². The van der Waals surface area contributed by atoms with Gasteiger partial charge in [0.05, 0.1) is 6.07 Å². The van der Waals surface area contributed by atoms with Crippen molar-refractivity contribution in [3.8, 4) is 6.07 Å². The summed E-state index contributed by atoms with van der Waals surface area (Å²) in [7, 11) is 0. The fourth-order valence-corrected chi connectivity index (χ4v) is 2.42. The fraction of sp³-hybridized carbons (Fsp3) is 0.429. The lowest BCUT2D eigenvalue weighted by Gasteiger charge is -2.26. The Balaban J connectivity index is 2.05. The summed E-state index contributed by atoms with van der Waals surface area (Å²) in [4.78, 5) is 13.7. The highest BCUT2D eigenvalue weighted by molar-refractivity contribution is 5.89. The topological polar surface area (TPSA) is 56.1 Å². The first-order valence-electron chi connectivity index (χ1n) is 6.41. The molecule has 4 nitrogen and oxygen atoms in total. The van der Waals surface area contributed by atoms with Crippen molar-refractivity contribution in [1.29, 1.82) is 5.26 Å². The van der Waals surface area contributed by atoms with Crippen LogP contribution in [0.2, 0.25) is 0 Å². The Labute approximate surface area is 111 Å². The normalized spacial score (nSPS) is 14.9. The van der Waals surface area contributed by atoms with E-state index in [0.717, 1.165) is 25.7 Å². The lowest BCUT2D eigenvalue weighted by Crippen LogP contribution is -2.41. The quantitative estimate of drug-likeness (QED) is 0.850. The van der Waals surface area contributed by atoms with Crippen LogP contribution in [0.15, 0.2) is 24.3 Å². The minimum absolute atomic E-state index is 0.0613. The van der Waals surface area contributed by atoms with Crippen LogP contribution in [0.4, 0.5) is 14.9 Å². The highest BCUT2D eigenvalue weighted by atomic mass is 19.1. The Kier molecular flexibility index (Phi) is 4.35. The Morgan fingerprint density at radius 3 is 2.84 bits per heavy atom. The van der Waals surface area contributed by atoms with Crippen molar-refractivity contribution in [2.75, 3.05) is 11.9 Å². The van der Waals surface area contributed by atoms with E-state index in [0.29, 0.717) is 5.69 Å². The molecule has 5 heteroatoms. The number of nitrogens with zero attached hydrogens (tertiary/aromatic N) is 2. The molecule has 1 fully saturated rings. The van der Waals surface area contributed by atoms with Crippen molar-refractivity contribution >= 4 is 11.7 Å². The monoisotopic (exact) mass is 261 g/mol. The summed E-state index contributed by atoms with van der Waals surface area (Å²) in [5.41, 5.74) is 0.408. The van der Waals surface area contributed by atoms with Crippen LogP contribution in [0, 0.1) is 17.1 Å². The van der Waals surface area contributed by atoms with E-state index in [1.165, 1.54) is 23.1 Å². The van der Waals surface area contributed by atoms with E-state index in [4.69, 9.17) is 5.26 Å². The van der Waals surface area contributed by atoms with Gasteiger partial charge in [-0.1, -0.05) is 18.9 Å². The lowest BCUT2D eigenvalue weighted by molar-refractivity contribution is 0.197. The van der Waals surface area contributed by atoms with Gasteiger partial charge in [0.2, 0.25) is 0 Å². The van der Waals surface area contributed by atoms with Gasteiger partial charge < -0.3 is 10.2 Å². The van der Waals surface area contributed by atoms with Gasteiger partial charge in [-0.2, -0.15) is 5.26 Å². The summed E-state index contributed by atoms with van der Waals surface area (Å²) < 4.78 is 13.1. The molecule has 0 aromatic heterocycles. The maximum Gasteiger partial charge on any atom is 0.322 e. The molecular formula is C14H16FN3O. The van der Waals surface area contributed by atoms with E-state index in [1.807, 2.05) is 6.07 Å². The number of hydrogen-bond acceptors (Lipinski definition) is 2. The summed E-state index contributed by atoms with van der Waals surface area (Å²) in [6, 6.07) is 7.54. The number of amides is 2. The molecule has 0 unspecified atom stereocenters. The van der Waals surface area contributed by atoms with Gasteiger partial charge >= 0.3 is 6.03 Å². The van der Waals surface area contributed by atoms with E-state index < -0.39 is 5.82 Å². The number of hydrogen-bond donors (Lipinski definition) is 1. The molecular weight excluding hydrogens is 245 g/mol. The van der Waals surface area contributed by atoms with Gasteiger partial charge in [-0.05, 0) is 31.0 Å². The number of anilines is 1. The number of nitriles is 1. The zero-order valence-corrected chi connectivity index (χ0v) is 10.6. The first kappa shape index (κ1) is 13.3. The number of carbonyl (C=O) groups is 1. The third-order valence-corrected chi connectivity index (χ3v) is 3.34. The van der Waals surface area contributed by atoms with E-state index in [1.54, 1.807) is 6.07 Å². The van der Waals surface area contributed by atoms with Crippen LogP contribution >= 0.6 is 0 Å². The average Bonchev–Trinajstić information content (AvgIpc) is 2.89. The van der Waals surface area contributed by atoms with Crippen molar-refractivity contribution in [2.45, 2.75) is 31.7 Å². The van der Waals surface area contributed by atoms with Crippen molar-refractivity contribution < 1.29 is 9.18 Å². The molecule has 100 valence electrons. The smallest absolute Gasteiger partial charge is 0.308 e. The highest BCUT2D eigenvalue weighted by Crippen LogP contribution is 2.24. The molecule has 0 bridgehead atoms. The summed E-state index contributed by atoms with van der Waals surface area (Å²) in [6.45, 7) is 0.0613. The predicted octanol–water partition coefficient (Wildman–Crippen LogP) is 3.13. The number of nitrogens with one attached hydrogen (secondary N) is 1. The average molecular weight is 261 g/mol. The van der Waals surface area contributed by atoms with Crippen LogP contribution < -0.4 is 5.32 Å². The van der Waals surface area contributed by atoms with Crippen LogP contribution in [0.3, 0.4) is 0 Å². The molecule has 0 heterocycles. The maximum atomic E-state index is 13.1. The van der Waals surface area contributed by atoms with Gasteiger partial charge in [0.1, 0.15) is 12.4 Å². The van der Waals surface area contributed by atoms with Crippen molar-refractivity contribution in [2.24, 2.45) is 0 Å². The van der Waals surface area contributed by atoms with Crippen LogP contribution in [0.25, 0.3) is 0 Å². The summed E-state index contributed by atoms with van der Waals surface area (Å²) in [5.74, 6) is -0.398. The Morgan fingerprint density at radius 2 is 2.21 bits per heavy atom. The zero-order chi connectivity index (χ0) is 13.7. The lowest BCUT2D eigenvalue weighted by atomic mass is 10.2. The molecule has 1 aromatic rings. The van der Waals surface area contributed by atoms with Crippen LogP contribution in [0.1, 0.15) is 25.7 Å². The number of rotatable bonds is 3. The number of benzene rings is 1. The Morgan fingerprint density at radius 1 is 1.47 bits per heavy atom. The second-order valence-electron chi connectivity index (χ2n) is 4.66. The molecule has 1 saturated carbocycles. The number of carbonyl (C=O) groups excluding carboxylic acids is 1. The molecule has 0 aliphatic heterocycles. The van der Waals surface area contributed by atoms with Gasteiger partial charge in [0.25, 0.3) is 0 Å². The molecule has 1 aromatic carbocycles. The minimum atomic E-state index is -0.398. The first-order valence-corrected chi connectivity index (χ1v) is 6.41. The molecule has 2 rings (SSSR count). The van der Waals surface area contributed by atoms with Gasteiger partial charge in [0.15, 0.2) is 0 Å². The van der Waals surface area contributed by atoms with Crippen molar-refractivity contribution in [3.05, 3.63) is 30.1 Å². The van der Waals surface area contributed by atoms with Gasteiger partial charge in [-0.3, -0.25) is 0 Å². The molecule has 1 aliphatic carbocycles. The van der Waals surface area contributed by atoms with Crippen LogP contribution in [-0.4, -0.2) is 23.5 Å². The minimum Gasteiger partial charge on any atom is -0.308 e. The zero-order valence-electron chi connectivity index (χ0n) is 10.6. The van der Waals surface area contributed by atoms with Crippen LogP contribution in [-0.2, 0) is 0 Å². The molecule has 2 amide bonds. The maximum absolute atomic E-state index is 13.1. The largest absolute Gasteiger partial charge is 0.322 e. The summed E-state index contributed by atoms with van der Waals surface area (Å²) >= 11 is 0. The Bertz CT molecular complexity index is 492. The third-order valence-electron chi connectivity index (χ3n) is 3.34. The summed E-state index contributed by atoms with van der Waals surface area (Å²) in [5, 5.41) is 11.5. The SMILES string of the molecule is N#CCN(C(=O)Nc1cccc(F)c1)C1CCCC1. The van der Waals surface area contributed by atoms with Crippen molar-refractivity contribution in [1.82, 2.24) is 4.90 Å². The number of urea groups is 1. The summed E-state index contributed by atoms with van der Waals surface area (Å²) in [6.07, 6.45) is 4.02. The molecule has 0 radical (unpaired) electrons. The molecule has 0 spiro atoms.